The van der Waals surface area contributed by atoms with Gasteiger partial charge in [0.25, 0.3) is 5.91 Å². The number of nitrogens with zero attached hydrogens (tertiary/aromatic N) is 4. The Morgan fingerprint density at radius 2 is 1.96 bits per heavy atom. The van der Waals surface area contributed by atoms with Crippen LogP contribution in [0.15, 0.2) is 12.3 Å². The highest BCUT2D eigenvalue weighted by Gasteiger charge is 2.31. The van der Waals surface area contributed by atoms with Crippen molar-refractivity contribution in [2.45, 2.75) is 19.8 Å². The van der Waals surface area contributed by atoms with E-state index in [1.165, 1.54) is 0 Å². The van der Waals surface area contributed by atoms with Crippen LogP contribution >= 0.6 is 0 Å². The summed E-state index contributed by atoms with van der Waals surface area (Å²) in [5.41, 5.74) is 2.43. The Kier molecular flexibility index (Phi) is 3.56. The Morgan fingerprint density at radius 1 is 1.26 bits per heavy atom. The summed E-state index contributed by atoms with van der Waals surface area (Å²) in [6.07, 6.45) is 3.90. The summed E-state index contributed by atoms with van der Waals surface area (Å²) < 4.78 is 1.76. The molecule has 0 aliphatic carbocycles. The number of likely N-dealkylation sites (tertiary alicyclic amines) is 1. The van der Waals surface area contributed by atoms with E-state index in [1.54, 1.807) is 10.9 Å². The van der Waals surface area contributed by atoms with Gasteiger partial charge in [-0.3, -0.25) is 9.48 Å². The van der Waals surface area contributed by atoms with Crippen molar-refractivity contribution < 1.29 is 4.79 Å². The lowest BCUT2D eigenvalue weighted by atomic mass is 9.92. The van der Waals surface area contributed by atoms with Crippen LogP contribution in [-0.4, -0.2) is 51.8 Å². The molecule has 0 aromatic carbocycles. The fraction of sp³-hybridized carbons (Fsp3) is 0.588. The molecule has 2 aromatic heterocycles. The Balaban J connectivity index is 1.57. The van der Waals surface area contributed by atoms with Crippen molar-refractivity contribution in [3.05, 3.63) is 23.5 Å². The summed E-state index contributed by atoms with van der Waals surface area (Å²) in [6, 6.07) is 1.94. The molecule has 4 heterocycles. The van der Waals surface area contributed by atoms with Crippen molar-refractivity contribution in [1.29, 1.82) is 0 Å². The summed E-state index contributed by atoms with van der Waals surface area (Å²) in [5.74, 6) is 1.57. The number of amides is 1. The quantitative estimate of drug-likeness (QED) is 0.863. The van der Waals surface area contributed by atoms with E-state index in [9.17, 15) is 4.79 Å². The molecule has 2 aromatic rings. The summed E-state index contributed by atoms with van der Waals surface area (Å²) in [4.78, 5) is 19.3. The van der Waals surface area contributed by atoms with Gasteiger partial charge in [0.2, 0.25) is 0 Å². The van der Waals surface area contributed by atoms with E-state index in [1.807, 2.05) is 24.9 Å². The topological polar surface area (TPSA) is 63.1 Å². The predicted octanol–water partition coefficient (Wildman–Crippen LogP) is 1.35. The molecule has 4 rings (SSSR count). The minimum Gasteiger partial charge on any atom is -0.339 e. The zero-order valence-corrected chi connectivity index (χ0v) is 13.7. The van der Waals surface area contributed by atoms with Gasteiger partial charge in [-0.2, -0.15) is 5.10 Å². The Bertz CT molecular complexity index is 739. The van der Waals surface area contributed by atoms with Gasteiger partial charge in [-0.25, -0.2) is 4.98 Å². The summed E-state index contributed by atoms with van der Waals surface area (Å²) in [6.45, 7) is 5.88. The highest BCUT2D eigenvalue weighted by molar-refractivity contribution is 5.97. The van der Waals surface area contributed by atoms with E-state index in [0.29, 0.717) is 5.56 Å². The average molecular weight is 313 g/mol. The van der Waals surface area contributed by atoms with Crippen LogP contribution in [0.1, 0.15) is 28.9 Å². The summed E-state index contributed by atoms with van der Waals surface area (Å²) in [7, 11) is 1.88. The first kappa shape index (κ1) is 14.6. The zero-order valence-electron chi connectivity index (χ0n) is 13.7. The van der Waals surface area contributed by atoms with Gasteiger partial charge in [-0.1, -0.05) is 0 Å². The van der Waals surface area contributed by atoms with Crippen LogP contribution in [0, 0.1) is 18.8 Å². The first-order valence-electron chi connectivity index (χ1n) is 8.43. The molecule has 2 saturated heterocycles. The number of nitrogens with one attached hydrogen (secondary N) is 1. The number of rotatable bonds is 1. The van der Waals surface area contributed by atoms with Gasteiger partial charge in [-0.05, 0) is 50.8 Å². The normalized spacial score (nSPS) is 24.7. The van der Waals surface area contributed by atoms with Crippen molar-refractivity contribution in [2.24, 2.45) is 18.9 Å². The van der Waals surface area contributed by atoms with Crippen LogP contribution < -0.4 is 5.32 Å². The van der Waals surface area contributed by atoms with Crippen LogP contribution in [0.25, 0.3) is 11.0 Å². The summed E-state index contributed by atoms with van der Waals surface area (Å²) >= 11 is 0. The van der Waals surface area contributed by atoms with Crippen molar-refractivity contribution in [3.63, 3.8) is 0 Å². The predicted molar refractivity (Wildman–Crippen MR) is 88.2 cm³/mol. The maximum atomic E-state index is 12.9. The third-order valence-corrected chi connectivity index (χ3v) is 5.42. The molecule has 2 atom stereocenters. The molecule has 23 heavy (non-hydrogen) atoms. The smallest absolute Gasteiger partial charge is 0.255 e. The Morgan fingerprint density at radius 3 is 2.65 bits per heavy atom. The van der Waals surface area contributed by atoms with Gasteiger partial charge in [-0.15, -0.1) is 0 Å². The maximum absolute atomic E-state index is 12.9. The van der Waals surface area contributed by atoms with Gasteiger partial charge in [0.15, 0.2) is 5.65 Å². The lowest BCUT2D eigenvalue weighted by molar-refractivity contribution is 0.0758. The number of carbonyl (C=O) groups is 1. The minimum atomic E-state index is 0.107. The van der Waals surface area contributed by atoms with E-state index in [-0.39, 0.29) is 5.91 Å². The second-order valence-electron chi connectivity index (χ2n) is 6.85. The molecule has 0 unspecified atom stereocenters. The lowest BCUT2D eigenvalue weighted by Gasteiger charge is -2.20. The van der Waals surface area contributed by atoms with Crippen LogP contribution in [0.4, 0.5) is 0 Å². The van der Waals surface area contributed by atoms with Gasteiger partial charge in [0.1, 0.15) is 0 Å². The van der Waals surface area contributed by atoms with E-state index in [2.05, 4.69) is 15.4 Å². The Hall–Kier alpha value is -1.95. The molecule has 2 fully saturated rings. The second kappa shape index (κ2) is 5.60. The van der Waals surface area contributed by atoms with E-state index in [4.69, 9.17) is 0 Å². The molecule has 6 nitrogen and oxygen atoms in total. The number of aryl methyl sites for hydroxylation is 2. The first-order valence-corrected chi connectivity index (χ1v) is 8.43. The third-order valence-electron chi connectivity index (χ3n) is 5.42. The molecule has 6 heteroatoms. The maximum Gasteiger partial charge on any atom is 0.255 e. The summed E-state index contributed by atoms with van der Waals surface area (Å²) in [5, 5.41) is 8.82. The number of fused-ring (bicyclic) bond motifs is 2. The fourth-order valence-electron chi connectivity index (χ4n) is 4.03. The van der Waals surface area contributed by atoms with Crippen LogP contribution in [-0.2, 0) is 7.05 Å². The molecule has 1 N–H and O–H groups in total. The monoisotopic (exact) mass is 313 g/mol. The largest absolute Gasteiger partial charge is 0.339 e. The second-order valence-corrected chi connectivity index (χ2v) is 6.85. The lowest BCUT2D eigenvalue weighted by Crippen LogP contribution is -2.32. The van der Waals surface area contributed by atoms with Crippen molar-refractivity contribution in [2.75, 3.05) is 26.2 Å². The molecule has 0 saturated carbocycles. The number of hydrogen-bond acceptors (Lipinski definition) is 4. The van der Waals surface area contributed by atoms with Gasteiger partial charge in [0.05, 0.1) is 11.3 Å². The molecule has 2 aliphatic heterocycles. The molecule has 0 bridgehead atoms. The van der Waals surface area contributed by atoms with Crippen molar-refractivity contribution >= 4 is 16.9 Å². The SMILES string of the molecule is Cc1nn(C)c2ncc(C(=O)N3CC[C@@H]4CNC[C@@H]4CC3)cc12. The van der Waals surface area contributed by atoms with E-state index < -0.39 is 0 Å². The molecule has 0 spiro atoms. The van der Waals surface area contributed by atoms with Crippen molar-refractivity contribution in [1.82, 2.24) is 25.0 Å². The zero-order chi connectivity index (χ0) is 16.0. The van der Waals surface area contributed by atoms with Gasteiger partial charge < -0.3 is 10.2 Å². The molecular formula is C17H23N5O. The number of hydrogen-bond donors (Lipinski definition) is 1. The number of aromatic nitrogens is 3. The van der Waals surface area contributed by atoms with E-state index >= 15 is 0 Å². The van der Waals surface area contributed by atoms with Crippen LogP contribution in [0.3, 0.4) is 0 Å². The first-order chi connectivity index (χ1) is 11.1. The molecule has 122 valence electrons. The molecular weight excluding hydrogens is 290 g/mol. The number of pyridine rings is 1. The van der Waals surface area contributed by atoms with Gasteiger partial charge in [0, 0.05) is 31.7 Å². The van der Waals surface area contributed by atoms with Crippen molar-refractivity contribution in [3.8, 4) is 0 Å². The molecule has 2 aliphatic rings. The Labute approximate surface area is 135 Å². The third kappa shape index (κ3) is 2.51. The standard InChI is InChI=1S/C17H23N5O/c1-11-15-7-14(10-19-16(15)21(2)20-11)17(23)22-5-3-12-8-18-9-13(12)4-6-22/h7,10,12-13,18H,3-6,8-9H2,1-2H3/t12-,13+. The molecule has 0 radical (unpaired) electrons. The highest BCUT2D eigenvalue weighted by Crippen LogP contribution is 2.28. The minimum absolute atomic E-state index is 0.107. The van der Waals surface area contributed by atoms with Crippen LogP contribution in [0.5, 0.6) is 0 Å². The van der Waals surface area contributed by atoms with E-state index in [0.717, 1.165) is 67.6 Å². The highest BCUT2D eigenvalue weighted by atomic mass is 16.2. The van der Waals surface area contributed by atoms with Gasteiger partial charge >= 0.3 is 0 Å². The molecule has 1 amide bonds. The fourth-order valence-corrected chi connectivity index (χ4v) is 4.03. The van der Waals surface area contributed by atoms with Crippen LogP contribution in [0.2, 0.25) is 0 Å². The average Bonchev–Trinajstić information content (AvgIpc) is 3.05. The number of carbonyl (C=O) groups excluding carboxylic acids is 1.